The third kappa shape index (κ3) is 6.81. The number of rotatable bonds is 9. The van der Waals surface area contributed by atoms with Crippen LogP contribution < -0.4 is 21.9 Å². The SMILES string of the molecule is Nc1ncc2ncn([C@@H]3O[C@@H](COP(=O)(O)O)[C@@H](C(OP(=O)([O-])O)[C@@H]4O[C@@H](n5cc(Br)c(=O)[nH]c5=O)C[C@@H]4O)[C@H]3O)c2n1. The van der Waals surface area contributed by atoms with Gasteiger partial charge in [0.15, 0.2) is 11.9 Å². The van der Waals surface area contributed by atoms with E-state index < -0.39 is 82.4 Å². The minimum Gasteiger partial charge on any atom is -0.756 e. The monoisotopic (exact) mass is 714 g/mol. The Hall–Kier alpha value is -2.43. The second-order valence-corrected chi connectivity index (χ2v) is 12.8. The number of hydrogen-bond donors (Lipinski definition) is 7. The molecule has 0 aliphatic carbocycles. The molecule has 43 heavy (non-hydrogen) atoms. The predicted molar refractivity (Wildman–Crippen MR) is 139 cm³/mol. The number of aliphatic hydroxyl groups is 2. The largest absolute Gasteiger partial charge is 0.756 e. The molecule has 5 rings (SSSR count). The minimum absolute atomic E-state index is 0.0567. The highest BCUT2D eigenvalue weighted by Crippen LogP contribution is 2.48. The van der Waals surface area contributed by atoms with E-state index in [1.165, 1.54) is 17.1 Å². The topological polar surface area (TPSA) is 320 Å². The molecule has 2 unspecified atom stereocenters. The van der Waals surface area contributed by atoms with Gasteiger partial charge in [0.25, 0.3) is 13.4 Å². The van der Waals surface area contributed by atoms with Crippen molar-refractivity contribution in [2.45, 2.75) is 49.4 Å². The first-order valence-corrected chi connectivity index (χ1v) is 15.9. The highest BCUT2D eigenvalue weighted by Gasteiger charge is 2.55. The summed E-state index contributed by atoms with van der Waals surface area (Å²) in [5.41, 5.74) is 4.23. The number of phosphoric acid groups is 2. The molecule has 5 heterocycles. The van der Waals surface area contributed by atoms with Crippen molar-refractivity contribution in [1.82, 2.24) is 29.1 Å². The molecule has 0 amide bonds. The molecule has 0 spiro atoms. The molecule has 3 aromatic heterocycles. The Kier molecular flexibility index (Phi) is 8.79. The van der Waals surface area contributed by atoms with Gasteiger partial charge in [-0.25, -0.2) is 19.3 Å². The van der Waals surface area contributed by atoms with E-state index in [1.54, 1.807) is 0 Å². The standard InChI is InChI=1S/C19H24BrN7O14P2/c20-6-3-26(19(31)25-16(6)30)10-1-8(28)13(40-10)14(41-43(35,36)37)11-9(4-38-42(32,33)34)39-17(12(11)29)27-5-23-7-2-22-18(21)24-15(7)27/h2-3,5,8-14,17,28-29H,1,4H2,(H2,21,22,24)(H,25,30,31)(H2,32,33,34)(H2,35,36,37)/p-1/t8-,9-,10+,11+,12+,13+,14?,17+/m0/s1. The van der Waals surface area contributed by atoms with Crippen LogP contribution in [0.5, 0.6) is 0 Å². The van der Waals surface area contributed by atoms with Crippen molar-refractivity contribution < 1.29 is 57.4 Å². The lowest BCUT2D eigenvalue weighted by Gasteiger charge is -2.36. The molecular formula is C19H23BrN7O14P2-. The van der Waals surface area contributed by atoms with Gasteiger partial charge in [-0.1, -0.05) is 0 Å². The molecular weight excluding hydrogens is 692 g/mol. The third-order valence-electron chi connectivity index (χ3n) is 6.77. The van der Waals surface area contributed by atoms with Crippen molar-refractivity contribution in [2.24, 2.45) is 5.92 Å². The number of nitrogens with one attached hydrogen (secondary N) is 1. The molecule has 236 valence electrons. The van der Waals surface area contributed by atoms with Crippen LogP contribution in [-0.2, 0) is 27.7 Å². The summed E-state index contributed by atoms with van der Waals surface area (Å²) in [5.74, 6) is -1.83. The lowest BCUT2D eigenvalue weighted by atomic mass is 9.87. The lowest BCUT2D eigenvalue weighted by Crippen LogP contribution is -2.49. The van der Waals surface area contributed by atoms with Crippen LogP contribution in [0.1, 0.15) is 18.9 Å². The zero-order valence-corrected chi connectivity index (χ0v) is 24.6. The van der Waals surface area contributed by atoms with Crippen LogP contribution in [0.25, 0.3) is 11.2 Å². The number of halogens is 1. The van der Waals surface area contributed by atoms with Gasteiger partial charge in [-0.3, -0.25) is 28.0 Å². The number of ether oxygens (including phenoxy) is 2. The molecule has 9 atom stereocenters. The Morgan fingerprint density at radius 1 is 1.21 bits per heavy atom. The lowest BCUT2D eigenvalue weighted by molar-refractivity contribution is -0.235. The molecule has 0 radical (unpaired) electrons. The van der Waals surface area contributed by atoms with E-state index in [0.717, 1.165) is 10.8 Å². The van der Waals surface area contributed by atoms with E-state index >= 15 is 0 Å². The highest BCUT2D eigenvalue weighted by atomic mass is 79.9. The fraction of sp³-hybridized carbons (Fsp3) is 0.526. The zero-order valence-electron chi connectivity index (χ0n) is 21.3. The summed E-state index contributed by atoms with van der Waals surface area (Å²) in [5, 5.41) is 22.4. The van der Waals surface area contributed by atoms with Crippen molar-refractivity contribution in [3.63, 3.8) is 0 Å². The third-order valence-corrected chi connectivity index (χ3v) is 8.33. The first-order chi connectivity index (χ1) is 20.0. The quantitative estimate of drug-likeness (QED) is 0.110. The van der Waals surface area contributed by atoms with Crippen molar-refractivity contribution >= 4 is 48.7 Å². The summed E-state index contributed by atoms with van der Waals surface area (Å²) in [4.78, 5) is 78.4. The first kappa shape index (κ1) is 32.0. The molecule has 24 heteroatoms. The number of hydrogen-bond acceptors (Lipinski definition) is 15. The van der Waals surface area contributed by atoms with Crippen LogP contribution in [-0.4, -0.2) is 91.1 Å². The normalized spacial score (nSPS) is 30.1. The maximum absolute atomic E-state index is 12.4. The molecule has 0 bridgehead atoms. The molecule has 2 aliphatic heterocycles. The molecule has 0 aromatic carbocycles. The second-order valence-electron chi connectivity index (χ2n) is 9.55. The number of anilines is 1. The van der Waals surface area contributed by atoms with Crippen molar-refractivity contribution in [3.8, 4) is 0 Å². The van der Waals surface area contributed by atoms with Gasteiger partial charge >= 0.3 is 13.5 Å². The summed E-state index contributed by atoms with van der Waals surface area (Å²) in [6, 6.07) is 0. The van der Waals surface area contributed by atoms with Crippen molar-refractivity contribution in [2.75, 3.05) is 12.3 Å². The van der Waals surface area contributed by atoms with Gasteiger partial charge in [0, 0.05) is 18.5 Å². The van der Waals surface area contributed by atoms with Crippen molar-refractivity contribution in [3.05, 3.63) is 44.0 Å². The van der Waals surface area contributed by atoms with Gasteiger partial charge in [0.2, 0.25) is 5.95 Å². The summed E-state index contributed by atoms with van der Waals surface area (Å²) in [6.07, 6.45) is -8.39. The fourth-order valence-corrected chi connectivity index (χ4v) is 6.29. The Bertz CT molecular complexity index is 1720. The summed E-state index contributed by atoms with van der Waals surface area (Å²) in [7, 11) is -10.8. The number of phosphoric ester groups is 2. The molecule has 8 N–H and O–H groups in total. The molecule has 21 nitrogen and oxygen atoms in total. The number of nitrogens with zero attached hydrogens (tertiary/aromatic N) is 5. The molecule has 3 aromatic rings. The van der Waals surface area contributed by atoms with Crippen LogP contribution in [0, 0.1) is 5.92 Å². The number of H-pyrrole nitrogens is 1. The molecule has 0 saturated carbocycles. The number of fused-ring (bicyclic) bond motifs is 1. The Morgan fingerprint density at radius 3 is 2.60 bits per heavy atom. The second kappa shape index (κ2) is 11.8. The Morgan fingerprint density at radius 2 is 1.93 bits per heavy atom. The number of aliphatic hydroxyl groups excluding tert-OH is 2. The van der Waals surface area contributed by atoms with Gasteiger partial charge in [-0.15, -0.1) is 0 Å². The van der Waals surface area contributed by atoms with Crippen LogP contribution in [0.15, 0.2) is 32.8 Å². The van der Waals surface area contributed by atoms with Gasteiger partial charge in [0.05, 0.1) is 35.8 Å². The summed E-state index contributed by atoms with van der Waals surface area (Å²) < 4.78 is 46.6. The highest BCUT2D eigenvalue weighted by molar-refractivity contribution is 9.10. The van der Waals surface area contributed by atoms with Crippen LogP contribution >= 0.6 is 31.6 Å². The van der Waals surface area contributed by atoms with E-state index in [1.807, 2.05) is 4.98 Å². The number of nitrogens with two attached hydrogens (primary N) is 1. The molecule has 2 aliphatic rings. The van der Waals surface area contributed by atoms with E-state index in [4.69, 9.17) is 19.7 Å². The molecule has 2 saturated heterocycles. The van der Waals surface area contributed by atoms with E-state index in [2.05, 4.69) is 35.4 Å². The first-order valence-electron chi connectivity index (χ1n) is 12.1. The number of aromatic amines is 1. The number of imidazole rings is 1. The number of nitrogen functional groups attached to an aromatic ring is 1. The maximum Gasteiger partial charge on any atom is 0.469 e. The smallest absolute Gasteiger partial charge is 0.469 e. The van der Waals surface area contributed by atoms with Gasteiger partial charge < -0.3 is 49.5 Å². The van der Waals surface area contributed by atoms with Crippen LogP contribution in [0.4, 0.5) is 5.95 Å². The van der Waals surface area contributed by atoms with Gasteiger partial charge in [-0.05, 0) is 15.9 Å². The zero-order chi connectivity index (χ0) is 31.4. The fourth-order valence-electron chi connectivity index (χ4n) is 5.06. The average Bonchev–Trinajstić information content (AvgIpc) is 3.57. The number of aromatic nitrogens is 6. The van der Waals surface area contributed by atoms with Crippen LogP contribution in [0.2, 0.25) is 0 Å². The van der Waals surface area contributed by atoms with E-state index in [0.29, 0.717) is 0 Å². The minimum atomic E-state index is -5.68. The summed E-state index contributed by atoms with van der Waals surface area (Å²) in [6.45, 7) is -0.945. The maximum atomic E-state index is 12.4. The van der Waals surface area contributed by atoms with Gasteiger partial charge in [0.1, 0.15) is 30.1 Å². The average molecular weight is 715 g/mol. The van der Waals surface area contributed by atoms with E-state index in [-0.39, 0.29) is 28.0 Å². The Balaban J connectivity index is 1.54. The predicted octanol–water partition coefficient (Wildman–Crippen LogP) is -2.80. The molecule has 2 fully saturated rings. The van der Waals surface area contributed by atoms with E-state index in [9.17, 15) is 48.5 Å². The van der Waals surface area contributed by atoms with Crippen LogP contribution in [0.3, 0.4) is 0 Å². The summed E-state index contributed by atoms with van der Waals surface area (Å²) >= 11 is 2.97. The van der Waals surface area contributed by atoms with Gasteiger partial charge in [-0.2, -0.15) is 4.98 Å². The van der Waals surface area contributed by atoms with Crippen molar-refractivity contribution in [1.29, 1.82) is 0 Å². The Labute approximate surface area is 246 Å².